The van der Waals surface area contributed by atoms with Crippen molar-refractivity contribution in [2.24, 2.45) is 13.0 Å². The highest BCUT2D eigenvalue weighted by Gasteiger charge is 2.29. The van der Waals surface area contributed by atoms with Crippen LogP contribution in [0.2, 0.25) is 0 Å². The van der Waals surface area contributed by atoms with Gasteiger partial charge in [-0.2, -0.15) is 9.37 Å². The number of methoxy groups -OCH3 is 1. The number of nitrogens with one attached hydrogen (secondary N) is 1. The Morgan fingerprint density at radius 3 is 2.56 bits per heavy atom. The minimum atomic E-state index is -1.12. The van der Waals surface area contributed by atoms with E-state index in [1.54, 1.807) is 25.2 Å². The summed E-state index contributed by atoms with van der Waals surface area (Å²) in [5.41, 5.74) is 2.10. The number of ether oxygens (including phenoxy) is 1. The molecule has 0 atom stereocenters. The van der Waals surface area contributed by atoms with Gasteiger partial charge in [-0.25, -0.2) is 9.37 Å². The molecule has 0 spiro atoms. The summed E-state index contributed by atoms with van der Waals surface area (Å²) in [6.45, 7) is 3.25. The summed E-state index contributed by atoms with van der Waals surface area (Å²) in [5.74, 6) is -0.608. The minimum absolute atomic E-state index is 0.0153. The first-order valence-electron chi connectivity index (χ1n) is 15.4. The first-order chi connectivity index (χ1) is 21.8. The largest absolute Gasteiger partial charge is 0.494 e. The summed E-state index contributed by atoms with van der Waals surface area (Å²) >= 11 is 0. The van der Waals surface area contributed by atoms with Gasteiger partial charge in [0, 0.05) is 49.3 Å². The number of rotatable bonds is 9. The normalized spacial score (nSPS) is 15.6. The molecular formula is C33H36F2N6O4. The third kappa shape index (κ3) is 6.05. The van der Waals surface area contributed by atoms with Crippen LogP contribution < -0.4 is 10.1 Å². The van der Waals surface area contributed by atoms with E-state index in [2.05, 4.69) is 20.4 Å². The van der Waals surface area contributed by atoms with E-state index in [0.717, 1.165) is 43.5 Å². The number of aromatic nitrogens is 4. The van der Waals surface area contributed by atoms with Gasteiger partial charge in [-0.05, 0) is 73.9 Å². The summed E-state index contributed by atoms with van der Waals surface area (Å²) in [7, 11) is 2.81. The Morgan fingerprint density at radius 2 is 1.87 bits per heavy atom. The third-order valence-corrected chi connectivity index (χ3v) is 9.03. The van der Waals surface area contributed by atoms with Gasteiger partial charge < -0.3 is 24.0 Å². The highest BCUT2D eigenvalue weighted by molar-refractivity contribution is 6.03. The minimum Gasteiger partial charge on any atom is -0.494 e. The average Bonchev–Trinajstić information content (AvgIpc) is 3.63. The zero-order valence-electron chi connectivity index (χ0n) is 25.6. The molecule has 10 nitrogen and oxygen atoms in total. The number of halogens is 2. The Labute approximate surface area is 259 Å². The molecule has 1 aliphatic carbocycles. The molecular weight excluding hydrogens is 582 g/mol. The van der Waals surface area contributed by atoms with Gasteiger partial charge in [-0.15, -0.1) is 0 Å². The van der Waals surface area contributed by atoms with Crippen molar-refractivity contribution in [3.63, 3.8) is 0 Å². The maximum Gasteiger partial charge on any atom is 0.291 e. The predicted octanol–water partition coefficient (Wildman–Crippen LogP) is 5.93. The van der Waals surface area contributed by atoms with Crippen LogP contribution in [-0.2, 0) is 19.9 Å². The Balaban J connectivity index is 1.08. The van der Waals surface area contributed by atoms with Crippen molar-refractivity contribution < 1.29 is 27.6 Å². The van der Waals surface area contributed by atoms with Gasteiger partial charge in [0.15, 0.2) is 23.2 Å². The fourth-order valence-corrected chi connectivity index (χ4v) is 6.06. The average molecular weight is 619 g/mol. The van der Waals surface area contributed by atoms with Crippen molar-refractivity contribution in [3.8, 4) is 17.0 Å². The molecule has 3 heterocycles. The predicted molar refractivity (Wildman–Crippen MR) is 162 cm³/mol. The number of carbonyl (C=O) groups is 2. The highest BCUT2D eigenvalue weighted by Crippen LogP contribution is 2.35. The summed E-state index contributed by atoms with van der Waals surface area (Å²) in [5, 5.41) is 6.98. The molecule has 1 saturated carbocycles. The fourth-order valence-electron chi connectivity index (χ4n) is 6.06. The van der Waals surface area contributed by atoms with Crippen molar-refractivity contribution in [3.05, 3.63) is 76.8 Å². The number of likely N-dealkylation sites (tertiary alicyclic amines) is 1. The smallest absolute Gasteiger partial charge is 0.291 e. The van der Waals surface area contributed by atoms with Crippen LogP contribution >= 0.6 is 0 Å². The number of imidazole rings is 1. The molecule has 2 aromatic heterocycles. The van der Waals surface area contributed by atoms with Gasteiger partial charge in [0.05, 0.1) is 19.0 Å². The molecule has 0 bridgehead atoms. The molecule has 6 rings (SSSR count). The van der Waals surface area contributed by atoms with Crippen molar-refractivity contribution in [2.75, 3.05) is 25.5 Å². The van der Waals surface area contributed by atoms with Crippen molar-refractivity contribution >= 4 is 17.5 Å². The number of aryl methyl sites for hydroxylation is 1. The maximum atomic E-state index is 14.7. The lowest BCUT2D eigenvalue weighted by Gasteiger charge is -2.32. The summed E-state index contributed by atoms with van der Waals surface area (Å²) in [6.07, 6.45) is 7.86. The van der Waals surface area contributed by atoms with Crippen molar-refractivity contribution in [1.29, 1.82) is 0 Å². The van der Waals surface area contributed by atoms with Crippen LogP contribution in [0.5, 0.6) is 5.75 Å². The zero-order chi connectivity index (χ0) is 31.7. The van der Waals surface area contributed by atoms with E-state index in [1.165, 1.54) is 36.4 Å². The van der Waals surface area contributed by atoms with E-state index in [4.69, 9.17) is 9.26 Å². The zero-order valence-corrected chi connectivity index (χ0v) is 25.6. The fraction of sp³-hybridized carbons (Fsp3) is 0.424. The van der Waals surface area contributed by atoms with Crippen molar-refractivity contribution in [1.82, 2.24) is 24.6 Å². The van der Waals surface area contributed by atoms with Gasteiger partial charge >= 0.3 is 0 Å². The van der Waals surface area contributed by atoms with Crippen molar-refractivity contribution in [2.45, 2.75) is 57.8 Å². The Hall–Kier alpha value is -4.61. The number of hydrogen-bond donors (Lipinski definition) is 1. The molecule has 0 radical (unpaired) electrons. The standard InChI is InChI=1S/C33H36F2N6O4/c1-4-20-17-22(37-32(42)31-36-18-25(40(31)2)24-10-11-26(44-3)29(35)28(24)34)8-9-23(20)33(43)41-14-12-19(13-15-41)16-27-38-30(39-45-27)21-6-5-7-21/h8-11,17-19,21H,4-7,12-16H2,1-3H3,(H,37,42). The number of piperidine rings is 1. The topological polar surface area (TPSA) is 115 Å². The second kappa shape index (κ2) is 12.8. The van der Waals surface area contributed by atoms with Crippen LogP contribution in [0.1, 0.15) is 83.2 Å². The van der Waals surface area contributed by atoms with Gasteiger partial charge in [-0.1, -0.05) is 18.5 Å². The van der Waals surface area contributed by atoms with E-state index >= 15 is 0 Å². The van der Waals surface area contributed by atoms with E-state index in [1.807, 2.05) is 11.8 Å². The number of benzene rings is 2. The van der Waals surface area contributed by atoms with Gasteiger partial charge in [0.1, 0.15) is 0 Å². The molecule has 2 aromatic carbocycles. The number of hydrogen-bond acceptors (Lipinski definition) is 7. The lowest BCUT2D eigenvalue weighted by molar-refractivity contribution is 0.0686. The van der Waals surface area contributed by atoms with Crippen LogP contribution in [0, 0.1) is 17.6 Å². The Bertz CT molecular complexity index is 1720. The van der Waals surface area contributed by atoms with Crippen LogP contribution in [-0.4, -0.2) is 56.6 Å². The molecule has 1 N–H and O–H groups in total. The quantitative estimate of drug-likeness (QED) is 0.247. The molecule has 1 saturated heterocycles. The lowest BCUT2D eigenvalue weighted by Crippen LogP contribution is -2.39. The third-order valence-electron chi connectivity index (χ3n) is 9.03. The van der Waals surface area contributed by atoms with Crippen LogP contribution in [0.25, 0.3) is 11.3 Å². The monoisotopic (exact) mass is 618 g/mol. The molecule has 4 aromatic rings. The molecule has 1 aliphatic heterocycles. The van der Waals surface area contributed by atoms with E-state index < -0.39 is 17.5 Å². The number of anilines is 1. The molecule has 2 amide bonds. The van der Waals surface area contributed by atoms with Crippen LogP contribution in [0.15, 0.2) is 41.1 Å². The van der Waals surface area contributed by atoms with E-state index in [-0.39, 0.29) is 28.7 Å². The SMILES string of the molecule is CCc1cc(NC(=O)c2ncc(-c3ccc(OC)c(F)c3F)n2C)ccc1C(=O)N1CCC(Cc2nc(C3CCC3)no2)CC1. The molecule has 45 heavy (non-hydrogen) atoms. The van der Waals surface area contributed by atoms with E-state index in [9.17, 15) is 18.4 Å². The number of nitrogens with zero attached hydrogens (tertiary/aromatic N) is 5. The first kappa shape index (κ1) is 30.4. The van der Waals surface area contributed by atoms with Gasteiger partial charge in [-0.3, -0.25) is 9.59 Å². The molecule has 2 fully saturated rings. The molecule has 236 valence electrons. The summed E-state index contributed by atoms with van der Waals surface area (Å²) < 4.78 is 40.7. The maximum absolute atomic E-state index is 14.7. The second-order valence-electron chi connectivity index (χ2n) is 11.8. The number of amides is 2. The molecule has 2 aliphatic rings. The number of carbonyl (C=O) groups excluding carboxylic acids is 2. The molecule has 12 heteroatoms. The Morgan fingerprint density at radius 1 is 1.09 bits per heavy atom. The van der Waals surface area contributed by atoms with Crippen LogP contribution in [0.4, 0.5) is 14.5 Å². The lowest BCUT2D eigenvalue weighted by atomic mass is 9.85. The van der Waals surface area contributed by atoms with Gasteiger partial charge in [0.25, 0.3) is 11.8 Å². The highest BCUT2D eigenvalue weighted by atomic mass is 19.2. The van der Waals surface area contributed by atoms with E-state index in [0.29, 0.717) is 48.5 Å². The first-order valence-corrected chi connectivity index (χ1v) is 15.4. The second-order valence-corrected chi connectivity index (χ2v) is 11.8. The van der Waals surface area contributed by atoms with Gasteiger partial charge in [0.2, 0.25) is 11.7 Å². The Kier molecular flexibility index (Phi) is 8.64. The van der Waals surface area contributed by atoms with Crippen LogP contribution in [0.3, 0.4) is 0 Å². The molecule has 0 unspecified atom stereocenters. The summed E-state index contributed by atoms with van der Waals surface area (Å²) in [4.78, 5) is 37.3. The summed E-state index contributed by atoms with van der Waals surface area (Å²) in [6, 6.07) is 7.91.